The Bertz CT molecular complexity index is 1690. The van der Waals surface area contributed by atoms with Crippen LogP contribution in [0.4, 0.5) is 11.4 Å². The molecule has 42 heavy (non-hydrogen) atoms. The number of nitro benzene ring substituents is 1. The van der Waals surface area contributed by atoms with Gasteiger partial charge in [0.25, 0.3) is 5.69 Å². The van der Waals surface area contributed by atoms with Crippen molar-refractivity contribution in [2.75, 3.05) is 19.1 Å². The average molecular weight is 571 g/mol. The number of non-ortho nitro benzene ring substituents is 1. The molecule has 0 radical (unpaired) electrons. The van der Waals surface area contributed by atoms with Crippen LogP contribution in [0.5, 0.6) is 17.2 Å². The van der Waals surface area contributed by atoms with E-state index in [1.54, 1.807) is 19.1 Å². The summed E-state index contributed by atoms with van der Waals surface area (Å²) in [6.07, 6.45) is 3.46. The van der Waals surface area contributed by atoms with E-state index >= 15 is 0 Å². The number of nitrogens with zero attached hydrogens (tertiary/aromatic N) is 2. The first kappa shape index (κ1) is 27.1. The maximum atomic E-state index is 14.0. The smallest absolute Gasteiger partial charge is 0.271 e. The Morgan fingerprint density at radius 3 is 2.33 bits per heavy atom. The molecule has 1 aliphatic heterocycles. The highest BCUT2D eigenvalue weighted by Gasteiger charge is 2.56. The lowest BCUT2D eigenvalue weighted by molar-refractivity contribution is -0.384. The molecule has 6 rings (SSSR count). The van der Waals surface area contributed by atoms with Crippen molar-refractivity contribution in [2.24, 2.45) is 17.8 Å². The summed E-state index contributed by atoms with van der Waals surface area (Å²) in [6, 6.07) is 8.51. The third-order valence-corrected chi connectivity index (χ3v) is 8.70. The van der Waals surface area contributed by atoms with Crippen molar-refractivity contribution in [2.45, 2.75) is 25.7 Å². The molecule has 2 aromatic carbocycles. The van der Waals surface area contributed by atoms with Gasteiger partial charge in [-0.3, -0.25) is 29.3 Å². The van der Waals surface area contributed by atoms with E-state index in [1.807, 2.05) is 6.08 Å². The number of fused-ring (bicyclic) bond motifs is 3. The van der Waals surface area contributed by atoms with Crippen molar-refractivity contribution in [3.8, 4) is 17.2 Å². The van der Waals surface area contributed by atoms with Crippen molar-refractivity contribution in [1.29, 1.82) is 0 Å². The molecule has 3 aliphatic carbocycles. The molecule has 11 heteroatoms. The summed E-state index contributed by atoms with van der Waals surface area (Å²) in [7, 11) is 2.76. The number of carbonyl (C=O) groups excluding carboxylic acids is 4. The number of phenolic OH excluding ortho intramolecular Hbond substituents is 1. The Kier molecular flexibility index (Phi) is 6.32. The van der Waals surface area contributed by atoms with Crippen molar-refractivity contribution >= 4 is 34.8 Å². The normalized spacial score (nSPS) is 25.0. The highest BCUT2D eigenvalue weighted by Crippen LogP contribution is 2.56. The number of amides is 2. The van der Waals surface area contributed by atoms with Crippen LogP contribution in [0, 0.1) is 27.9 Å². The maximum absolute atomic E-state index is 14.0. The number of ether oxygens (including phenoxy) is 2. The largest absolute Gasteiger partial charge is 0.502 e. The number of hydrogen-bond acceptors (Lipinski definition) is 9. The summed E-state index contributed by atoms with van der Waals surface area (Å²) < 4.78 is 10.7. The second kappa shape index (κ2) is 9.79. The van der Waals surface area contributed by atoms with Crippen molar-refractivity contribution < 1.29 is 38.7 Å². The second-order valence-electron chi connectivity index (χ2n) is 10.8. The van der Waals surface area contributed by atoms with E-state index in [9.17, 15) is 34.4 Å². The number of Topliss-reactive ketones (excluding diaryl/α,β-unsaturated/α-hetero) is 1. The molecule has 0 spiro atoms. The lowest BCUT2D eigenvalue weighted by Gasteiger charge is -2.42. The summed E-state index contributed by atoms with van der Waals surface area (Å²) >= 11 is 0. The minimum absolute atomic E-state index is 0.0860. The predicted molar refractivity (Wildman–Crippen MR) is 148 cm³/mol. The monoisotopic (exact) mass is 570 g/mol. The molecule has 214 valence electrons. The van der Waals surface area contributed by atoms with E-state index in [4.69, 9.17) is 9.47 Å². The minimum Gasteiger partial charge on any atom is -0.502 e. The zero-order valence-electron chi connectivity index (χ0n) is 23.0. The fourth-order valence-electron chi connectivity index (χ4n) is 6.84. The number of phenols is 1. The summed E-state index contributed by atoms with van der Waals surface area (Å²) in [5.41, 5.74) is 1.94. The van der Waals surface area contributed by atoms with Gasteiger partial charge in [0, 0.05) is 34.8 Å². The first-order valence-corrected chi connectivity index (χ1v) is 13.3. The van der Waals surface area contributed by atoms with Gasteiger partial charge >= 0.3 is 0 Å². The number of rotatable bonds is 5. The van der Waals surface area contributed by atoms with E-state index in [1.165, 1.54) is 44.6 Å². The molecule has 1 heterocycles. The van der Waals surface area contributed by atoms with Gasteiger partial charge in [0.15, 0.2) is 23.1 Å². The minimum atomic E-state index is -0.844. The fourth-order valence-corrected chi connectivity index (χ4v) is 6.84. The van der Waals surface area contributed by atoms with Crippen LogP contribution in [0.15, 0.2) is 70.8 Å². The molecule has 4 atom stereocenters. The van der Waals surface area contributed by atoms with Crippen LogP contribution in [-0.2, 0) is 19.2 Å². The average Bonchev–Trinajstić information content (AvgIpc) is 3.24. The molecule has 0 bridgehead atoms. The highest BCUT2D eigenvalue weighted by atomic mass is 16.6. The fraction of sp³-hybridized carbons (Fsp3) is 0.290. The number of hydrogen-bond donors (Lipinski definition) is 1. The van der Waals surface area contributed by atoms with Gasteiger partial charge in [0.2, 0.25) is 17.6 Å². The molecular formula is C31H26N2O9. The SMILES string of the molecule is COc1cc([C@H]2C3=CC[C@@H]4C(=O)N(c5cccc([N+](=O)[O-])c5)C(=O)[C@@H]4[C@@H]3CC3=C2C(=O)C=C(C)C3=O)cc(OC)c1O. The summed E-state index contributed by atoms with van der Waals surface area (Å²) in [6.45, 7) is 1.56. The molecule has 2 aromatic rings. The van der Waals surface area contributed by atoms with Crippen LogP contribution in [0.2, 0.25) is 0 Å². The third kappa shape index (κ3) is 3.87. The first-order chi connectivity index (χ1) is 20.1. The number of allylic oxidation sites excluding steroid dienone is 6. The van der Waals surface area contributed by atoms with Gasteiger partial charge in [-0.2, -0.15) is 0 Å². The Morgan fingerprint density at radius 2 is 1.69 bits per heavy atom. The lowest BCUT2D eigenvalue weighted by Crippen LogP contribution is -2.39. The first-order valence-electron chi connectivity index (χ1n) is 13.3. The Labute approximate surface area is 239 Å². The Hall–Kier alpha value is -5.06. The van der Waals surface area contributed by atoms with E-state index < -0.39 is 40.4 Å². The maximum Gasteiger partial charge on any atom is 0.271 e. The highest BCUT2D eigenvalue weighted by molar-refractivity contribution is 6.25. The van der Waals surface area contributed by atoms with Gasteiger partial charge < -0.3 is 14.6 Å². The molecular weight excluding hydrogens is 544 g/mol. The van der Waals surface area contributed by atoms with Crippen molar-refractivity contribution in [1.82, 2.24) is 0 Å². The second-order valence-corrected chi connectivity index (χ2v) is 10.8. The molecule has 0 saturated carbocycles. The molecule has 1 N–H and O–H groups in total. The van der Waals surface area contributed by atoms with Crippen LogP contribution in [0.3, 0.4) is 0 Å². The van der Waals surface area contributed by atoms with E-state index in [0.717, 1.165) is 4.90 Å². The molecule has 11 nitrogen and oxygen atoms in total. The number of carbonyl (C=O) groups is 4. The molecule has 4 aliphatic rings. The number of benzene rings is 2. The van der Waals surface area contributed by atoms with Gasteiger partial charge in [0.1, 0.15) is 0 Å². The number of aromatic hydroxyl groups is 1. The van der Waals surface area contributed by atoms with Crippen LogP contribution < -0.4 is 14.4 Å². The summed E-state index contributed by atoms with van der Waals surface area (Å²) in [4.78, 5) is 66.3. The van der Waals surface area contributed by atoms with Gasteiger partial charge in [-0.05, 0) is 55.5 Å². The van der Waals surface area contributed by atoms with E-state index in [-0.39, 0.29) is 69.8 Å². The van der Waals surface area contributed by atoms with Crippen LogP contribution in [0.1, 0.15) is 31.2 Å². The molecule has 1 fully saturated rings. The van der Waals surface area contributed by atoms with Crippen molar-refractivity contribution in [3.05, 3.63) is 86.5 Å². The zero-order chi connectivity index (χ0) is 30.0. The summed E-state index contributed by atoms with van der Waals surface area (Å²) in [5.74, 6) is -4.56. The summed E-state index contributed by atoms with van der Waals surface area (Å²) in [5, 5.41) is 21.9. The quantitative estimate of drug-likeness (QED) is 0.185. The van der Waals surface area contributed by atoms with Crippen LogP contribution >= 0.6 is 0 Å². The zero-order valence-corrected chi connectivity index (χ0v) is 23.0. The number of imide groups is 1. The molecule has 0 aromatic heterocycles. The number of methoxy groups -OCH3 is 2. The van der Waals surface area contributed by atoms with Crippen LogP contribution in [0.25, 0.3) is 0 Å². The number of ketones is 2. The van der Waals surface area contributed by atoms with Gasteiger partial charge in [-0.25, -0.2) is 4.90 Å². The van der Waals surface area contributed by atoms with E-state index in [2.05, 4.69) is 0 Å². The Morgan fingerprint density at radius 1 is 1.00 bits per heavy atom. The molecule has 0 unspecified atom stereocenters. The van der Waals surface area contributed by atoms with Crippen LogP contribution in [-0.4, -0.2) is 47.6 Å². The van der Waals surface area contributed by atoms with Gasteiger partial charge in [-0.1, -0.05) is 17.7 Å². The Balaban J connectivity index is 1.50. The standard InChI is InChI=1S/C31H26N2O9/c1-14-9-22(34)27-21(28(14)35)13-20-18(25(27)15-10-23(41-2)29(36)24(11-15)42-3)7-8-19-26(20)31(38)32(30(19)37)16-5-4-6-17(12-16)33(39)40/h4-7,9-12,19-20,25-26,36H,8,13H2,1-3H3/t19-,20+,25-,26-/m0/s1. The van der Waals surface area contributed by atoms with Crippen molar-refractivity contribution in [3.63, 3.8) is 0 Å². The van der Waals surface area contributed by atoms with Gasteiger partial charge in [0.05, 0.1) is 36.7 Å². The number of anilines is 1. The van der Waals surface area contributed by atoms with E-state index in [0.29, 0.717) is 11.1 Å². The number of nitro groups is 1. The third-order valence-electron chi connectivity index (χ3n) is 8.70. The molecule has 1 saturated heterocycles. The lowest BCUT2D eigenvalue weighted by atomic mass is 9.59. The predicted octanol–water partition coefficient (Wildman–Crippen LogP) is 3.95. The molecule has 2 amide bonds. The van der Waals surface area contributed by atoms with Gasteiger partial charge in [-0.15, -0.1) is 0 Å². The topological polar surface area (TPSA) is 153 Å².